The summed E-state index contributed by atoms with van der Waals surface area (Å²) < 4.78 is 30.2. The van der Waals surface area contributed by atoms with Crippen molar-refractivity contribution in [2.45, 2.75) is 37.8 Å². The Kier molecular flexibility index (Phi) is 3.21. The first kappa shape index (κ1) is 13.4. The minimum Gasteiger partial charge on any atom is -0.394 e. The topological polar surface area (TPSA) is 103 Å². The molecule has 0 saturated carbocycles. The molecule has 2 saturated heterocycles. The average molecular weight is 288 g/mol. The molecule has 0 spiro atoms. The first-order valence-corrected chi connectivity index (χ1v) is 6.10. The third-order valence-corrected chi connectivity index (χ3v) is 3.38. The largest absolute Gasteiger partial charge is 0.394 e. The molecule has 0 amide bonds. The maximum absolute atomic E-state index is 13.3. The molecule has 5 atom stereocenters. The van der Waals surface area contributed by atoms with Crippen LogP contribution in [0, 0.1) is 5.82 Å². The van der Waals surface area contributed by atoms with Gasteiger partial charge in [0.2, 0.25) is 5.82 Å². The van der Waals surface area contributed by atoms with Crippen molar-refractivity contribution < 1.29 is 23.7 Å². The summed E-state index contributed by atoms with van der Waals surface area (Å²) in [6.45, 7) is 1.28. The third-order valence-electron chi connectivity index (χ3n) is 3.38. The van der Waals surface area contributed by atoms with Crippen molar-refractivity contribution in [2.24, 2.45) is 0 Å². The molecule has 3 heterocycles. The van der Waals surface area contributed by atoms with E-state index in [9.17, 15) is 19.1 Å². The zero-order chi connectivity index (χ0) is 14.4. The van der Waals surface area contributed by atoms with Crippen molar-refractivity contribution in [3.63, 3.8) is 0 Å². The van der Waals surface area contributed by atoms with Gasteiger partial charge in [-0.2, -0.15) is 4.39 Å². The highest BCUT2D eigenvalue weighted by atomic mass is 19.1. The molecule has 1 aromatic rings. The number of aliphatic hydroxyl groups excluding tert-OH is 1. The molecule has 2 aliphatic heterocycles. The Labute approximate surface area is 111 Å². The van der Waals surface area contributed by atoms with Gasteiger partial charge in [0.25, 0.3) is 5.56 Å². The van der Waals surface area contributed by atoms with Gasteiger partial charge < -0.3 is 24.3 Å². The van der Waals surface area contributed by atoms with Crippen molar-refractivity contribution in [3.8, 4) is 0 Å². The number of ether oxygens (including phenoxy) is 3. The van der Waals surface area contributed by atoms with Crippen LogP contribution in [0.15, 0.2) is 15.8 Å². The Hall–Kier alpha value is -1.55. The second kappa shape index (κ2) is 4.77. The SMILES string of the molecule is CC1O[C@@H]2[C@H](O1)[C@@H](CO)O[C@H]2n1c(=O)[nH]cc(F)c1=O. The number of aromatic nitrogens is 2. The molecular weight excluding hydrogens is 275 g/mol. The van der Waals surface area contributed by atoms with Crippen LogP contribution < -0.4 is 11.2 Å². The maximum Gasteiger partial charge on any atom is 0.330 e. The number of rotatable bonds is 2. The van der Waals surface area contributed by atoms with Gasteiger partial charge in [0, 0.05) is 6.20 Å². The average Bonchev–Trinajstić information content (AvgIpc) is 2.93. The van der Waals surface area contributed by atoms with Crippen LogP contribution in [0.5, 0.6) is 0 Å². The van der Waals surface area contributed by atoms with Crippen molar-refractivity contribution in [2.75, 3.05) is 6.61 Å². The molecule has 0 aliphatic carbocycles. The van der Waals surface area contributed by atoms with E-state index in [1.54, 1.807) is 6.92 Å². The Morgan fingerprint density at radius 1 is 1.35 bits per heavy atom. The Bertz CT molecular complexity index is 628. The Morgan fingerprint density at radius 2 is 2.05 bits per heavy atom. The fourth-order valence-corrected chi connectivity index (χ4v) is 2.54. The van der Waals surface area contributed by atoms with E-state index in [2.05, 4.69) is 4.98 Å². The Balaban J connectivity index is 2.05. The lowest BCUT2D eigenvalue weighted by molar-refractivity contribution is -0.146. The first-order valence-electron chi connectivity index (χ1n) is 6.10. The predicted octanol–water partition coefficient (Wildman–Crippen LogP) is -1.30. The number of aromatic amines is 1. The molecule has 1 unspecified atom stereocenters. The monoisotopic (exact) mass is 288 g/mol. The Morgan fingerprint density at radius 3 is 2.75 bits per heavy atom. The molecule has 2 fully saturated rings. The van der Waals surface area contributed by atoms with Crippen LogP contribution in [0.1, 0.15) is 13.2 Å². The van der Waals surface area contributed by atoms with Crippen LogP contribution in [-0.2, 0) is 14.2 Å². The molecule has 0 radical (unpaired) electrons. The number of H-pyrrole nitrogens is 1. The van der Waals surface area contributed by atoms with Gasteiger partial charge in [-0.25, -0.2) is 9.36 Å². The fourth-order valence-electron chi connectivity index (χ4n) is 2.54. The number of hydrogen-bond acceptors (Lipinski definition) is 6. The van der Waals surface area contributed by atoms with Crippen LogP contribution in [0.2, 0.25) is 0 Å². The molecule has 3 rings (SSSR count). The molecule has 1 aromatic heterocycles. The molecule has 2 aliphatic rings. The van der Waals surface area contributed by atoms with Gasteiger partial charge in [0.05, 0.1) is 6.61 Å². The summed E-state index contributed by atoms with van der Waals surface area (Å²) in [7, 11) is 0. The van der Waals surface area contributed by atoms with Gasteiger partial charge in [-0.05, 0) is 6.92 Å². The van der Waals surface area contributed by atoms with Crippen LogP contribution in [0.3, 0.4) is 0 Å². The molecule has 0 aromatic carbocycles. The van der Waals surface area contributed by atoms with E-state index in [0.29, 0.717) is 10.8 Å². The quantitative estimate of drug-likeness (QED) is 0.701. The predicted molar refractivity (Wildman–Crippen MR) is 61.5 cm³/mol. The summed E-state index contributed by atoms with van der Waals surface area (Å²) in [5.74, 6) is -1.11. The highest BCUT2D eigenvalue weighted by Gasteiger charge is 2.53. The summed E-state index contributed by atoms with van der Waals surface area (Å²) in [5, 5.41) is 9.25. The molecule has 8 nitrogen and oxygen atoms in total. The second-order valence-electron chi connectivity index (χ2n) is 4.63. The number of aliphatic hydroxyl groups is 1. The molecular formula is C11H13FN2O6. The standard InChI is InChI=1S/C11H13FN2O6/c1-4-18-7-6(3-15)20-10(8(7)19-4)14-9(16)5(12)2-13-11(14)17/h2,4,6-8,10,15H,3H2,1H3,(H,13,17)/t4?,6-,7-,8-,10-/m1/s1. The first-order chi connectivity index (χ1) is 9.52. The van der Waals surface area contributed by atoms with E-state index in [1.165, 1.54) is 0 Å². The summed E-state index contributed by atoms with van der Waals surface area (Å²) in [6, 6.07) is 0. The van der Waals surface area contributed by atoms with E-state index < -0.39 is 47.9 Å². The fraction of sp³-hybridized carbons (Fsp3) is 0.636. The zero-order valence-corrected chi connectivity index (χ0v) is 10.5. The van der Waals surface area contributed by atoms with Crippen molar-refractivity contribution in [1.82, 2.24) is 9.55 Å². The van der Waals surface area contributed by atoms with Crippen molar-refractivity contribution >= 4 is 0 Å². The van der Waals surface area contributed by atoms with Gasteiger partial charge in [0.15, 0.2) is 12.5 Å². The van der Waals surface area contributed by atoms with Crippen LogP contribution >= 0.6 is 0 Å². The van der Waals surface area contributed by atoms with Crippen LogP contribution in [0.4, 0.5) is 4.39 Å². The molecule has 0 bridgehead atoms. The maximum atomic E-state index is 13.3. The van der Waals surface area contributed by atoms with Crippen molar-refractivity contribution in [1.29, 1.82) is 0 Å². The van der Waals surface area contributed by atoms with Gasteiger partial charge >= 0.3 is 5.69 Å². The molecule has 110 valence electrons. The number of hydrogen-bond donors (Lipinski definition) is 2. The van der Waals surface area contributed by atoms with Crippen LogP contribution in [-0.4, -0.2) is 45.9 Å². The van der Waals surface area contributed by atoms with Crippen LogP contribution in [0.25, 0.3) is 0 Å². The van der Waals surface area contributed by atoms with Gasteiger partial charge in [-0.3, -0.25) is 4.79 Å². The minimum atomic E-state index is -1.14. The summed E-state index contributed by atoms with van der Waals surface area (Å²) in [6.07, 6.45) is -3.14. The van der Waals surface area contributed by atoms with E-state index >= 15 is 0 Å². The van der Waals surface area contributed by atoms with E-state index in [1.807, 2.05) is 0 Å². The smallest absolute Gasteiger partial charge is 0.330 e. The number of halogens is 1. The van der Waals surface area contributed by atoms with Gasteiger partial charge in [-0.15, -0.1) is 0 Å². The second-order valence-corrected chi connectivity index (χ2v) is 4.63. The highest BCUT2D eigenvalue weighted by molar-refractivity contribution is 4.98. The molecule has 20 heavy (non-hydrogen) atoms. The van der Waals surface area contributed by atoms with E-state index in [-0.39, 0.29) is 6.61 Å². The van der Waals surface area contributed by atoms with E-state index in [0.717, 1.165) is 0 Å². The summed E-state index contributed by atoms with van der Waals surface area (Å²) in [4.78, 5) is 25.6. The van der Waals surface area contributed by atoms with Gasteiger partial charge in [-0.1, -0.05) is 0 Å². The zero-order valence-electron chi connectivity index (χ0n) is 10.5. The highest BCUT2D eigenvalue weighted by Crippen LogP contribution is 2.37. The van der Waals surface area contributed by atoms with Crippen molar-refractivity contribution in [3.05, 3.63) is 32.9 Å². The lowest BCUT2D eigenvalue weighted by Crippen LogP contribution is -2.43. The lowest BCUT2D eigenvalue weighted by Gasteiger charge is -2.18. The summed E-state index contributed by atoms with van der Waals surface area (Å²) >= 11 is 0. The molecule has 9 heteroatoms. The molecule has 2 N–H and O–H groups in total. The number of nitrogens with zero attached hydrogens (tertiary/aromatic N) is 1. The van der Waals surface area contributed by atoms with Gasteiger partial charge in [0.1, 0.15) is 18.3 Å². The number of nitrogens with one attached hydrogen (secondary N) is 1. The third kappa shape index (κ3) is 1.90. The normalized spacial score (nSPS) is 36.2. The summed E-state index contributed by atoms with van der Waals surface area (Å²) in [5.41, 5.74) is -1.93. The number of fused-ring (bicyclic) bond motifs is 1. The van der Waals surface area contributed by atoms with E-state index in [4.69, 9.17) is 14.2 Å². The minimum absolute atomic E-state index is 0.365. The lowest BCUT2D eigenvalue weighted by atomic mass is 10.1.